The smallest absolute Gasteiger partial charge is 0.191 e. The third-order valence-corrected chi connectivity index (χ3v) is 5.56. The van der Waals surface area contributed by atoms with Gasteiger partial charge in [0, 0.05) is 37.7 Å². The van der Waals surface area contributed by atoms with Gasteiger partial charge in [-0.05, 0) is 31.5 Å². The van der Waals surface area contributed by atoms with Gasteiger partial charge in [-0.2, -0.15) is 0 Å². The molecule has 174 valence electrons. The lowest BCUT2D eigenvalue weighted by Gasteiger charge is -2.22. The first-order chi connectivity index (χ1) is 15.3. The number of halogens is 1. The second-order valence-electron chi connectivity index (χ2n) is 7.74. The number of hydrogen-bond donors (Lipinski definition) is 2. The lowest BCUT2D eigenvalue weighted by Crippen LogP contribution is -2.44. The molecule has 0 spiro atoms. The van der Waals surface area contributed by atoms with E-state index in [1.165, 1.54) is 0 Å². The molecule has 2 aliphatic rings. The van der Waals surface area contributed by atoms with E-state index in [-0.39, 0.29) is 24.0 Å². The van der Waals surface area contributed by atoms with E-state index in [4.69, 9.17) is 19.2 Å². The fourth-order valence-corrected chi connectivity index (χ4v) is 4.04. The molecule has 1 unspecified atom stereocenters. The van der Waals surface area contributed by atoms with Crippen molar-refractivity contribution in [1.82, 2.24) is 10.6 Å². The van der Waals surface area contributed by atoms with Gasteiger partial charge >= 0.3 is 0 Å². The summed E-state index contributed by atoms with van der Waals surface area (Å²) in [5, 5.41) is 6.97. The summed E-state index contributed by atoms with van der Waals surface area (Å²) in [4.78, 5) is 7.20. The van der Waals surface area contributed by atoms with Crippen molar-refractivity contribution >= 4 is 35.6 Å². The van der Waals surface area contributed by atoms with Gasteiger partial charge in [-0.15, -0.1) is 24.0 Å². The maximum atomic E-state index is 5.94. The van der Waals surface area contributed by atoms with E-state index in [1.54, 1.807) is 7.11 Å². The molecular formula is C24H33IN4O3. The fourth-order valence-electron chi connectivity index (χ4n) is 4.04. The second-order valence-corrected chi connectivity index (χ2v) is 7.74. The average molecular weight is 552 g/mol. The number of anilines is 1. The molecule has 1 atom stereocenters. The number of rotatable bonds is 6. The van der Waals surface area contributed by atoms with Crippen molar-refractivity contribution in [2.45, 2.75) is 32.4 Å². The summed E-state index contributed by atoms with van der Waals surface area (Å²) < 4.78 is 17.3. The Labute approximate surface area is 207 Å². The number of methoxy groups -OCH3 is 1. The predicted molar refractivity (Wildman–Crippen MR) is 139 cm³/mol. The maximum absolute atomic E-state index is 5.94. The van der Waals surface area contributed by atoms with Crippen molar-refractivity contribution in [3.63, 3.8) is 0 Å². The fraction of sp³-hybridized carbons (Fsp3) is 0.458. The molecule has 0 aliphatic carbocycles. The minimum Gasteiger partial charge on any atom is -0.495 e. The molecule has 0 amide bonds. The zero-order valence-corrected chi connectivity index (χ0v) is 21.1. The zero-order valence-electron chi connectivity index (χ0n) is 18.8. The number of aliphatic imine (C=N–C) groups is 1. The molecule has 0 bridgehead atoms. The van der Waals surface area contributed by atoms with Crippen molar-refractivity contribution in [2.75, 3.05) is 44.9 Å². The molecule has 0 aromatic heterocycles. The van der Waals surface area contributed by atoms with Crippen molar-refractivity contribution in [1.29, 1.82) is 0 Å². The van der Waals surface area contributed by atoms with Crippen LogP contribution in [0.15, 0.2) is 47.5 Å². The van der Waals surface area contributed by atoms with Gasteiger partial charge in [0.1, 0.15) is 5.75 Å². The van der Waals surface area contributed by atoms with Crippen LogP contribution < -0.4 is 29.7 Å². The van der Waals surface area contributed by atoms with Gasteiger partial charge in [-0.25, -0.2) is 4.99 Å². The van der Waals surface area contributed by atoms with E-state index < -0.39 is 0 Å². The highest BCUT2D eigenvalue weighted by molar-refractivity contribution is 14.0. The molecule has 7 nitrogen and oxygen atoms in total. The number of benzene rings is 2. The largest absolute Gasteiger partial charge is 0.495 e. The van der Waals surface area contributed by atoms with E-state index in [0.717, 1.165) is 66.9 Å². The van der Waals surface area contributed by atoms with Crippen LogP contribution >= 0.6 is 24.0 Å². The first-order valence-corrected chi connectivity index (χ1v) is 11.1. The summed E-state index contributed by atoms with van der Waals surface area (Å²) in [6, 6.07) is 14.5. The molecule has 1 fully saturated rings. The van der Waals surface area contributed by atoms with E-state index in [1.807, 2.05) is 24.3 Å². The van der Waals surface area contributed by atoms with Gasteiger partial charge in [0.25, 0.3) is 0 Å². The van der Waals surface area contributed by atoms with Crippen LogP contribution in [0.5, 0.6) is 17.2 Å². The van der Waals surface area contributed by atoms with Gasteiger partial charge in [0.2, 0.25) is 0 Å². The van der Waals surface area contributed by atoms with Crippen LogP contribution in [-0.4, -0.2) is 52.0 Å². The molecule has 2 N–H and O–H groups in total. The Bertz CT molecular complexity index is 909. The molecule has 2 aromatic rings. The molecule has 2 heterocycles. The number of para-hydroxylation sites is 3. The number of guanidine groups is 1. The SMILES string of the molecule is CCNC(=NCc1cccc2c1OCCCO2)NC1CCN(c2ccccc2OC)C1.I. The van der Waals surface area contributed by atoms with Crippen molar-refractivity contribution in [3.05, 3.63) is 48.0 Å². The Morgan fingerprint density at radius 2 is 2.00 bits per heavy atom. The summed E-state index contributed by atoms with van der Waals surface area (Å²) in [5.74, 6) is 3.37. The minimum atomic E-state index is 0. The standard InChI is InChI=1S/C24H32N4O3.HI/c1-3-25-24(26-16-18-8-6-11-22-23(18)31-15-7-14-30-22)27-19-12-13-28(17-19)20-9-4-5-10-21(20)29-2;/h4-6,8-11,19H,3,7,12-17H2,1-2H3,(H2,25,26,27);1H. The van der Waals surface area contributed by atoms with Gasteiger partial charge in [-0.3, -0.25) is 0 Å². The Kier molecular flexibility index (Phi) is 9.13. The third kappa shape index (κ3) is 5.90. The van der Waals surface area contributed by atoms with Crippen LogP contribution in [0.2, 0.25) is 0 Å². The highest BCUT2D eigenvalue weighted by Gasteiger charge is 2.25. The monoisotopic (exact) mass is 552 g/mol. The van der Waals surface area contributed by atoms with Crippen LogP contribution in [0.3, 0.4) is 0 Å². The number of ether oxygens (including phenoxy) is 3. The first kappa shape index (κ1) is 24.3. The molecule has 2 aliphatic heterocycles. The van der Waals surface area contributed by atoms with Crippen LogP contribution in [0.4, 0.5) is 5.69 Å². The normalized spacial score (nSPS) is 17.9. The Morgan fingerprint density at radius 1 is 1.16 bits per heavy atom. The third-order valence-electron chi connectivity index (χ3n) is 5.56. The van der Waals surface area contributed by atoms with E-state index in [9.17, 15) is 0 Å². The molecule has 8 heteroatoms. The van der Waals surface area contributed by atoms with Crippen molar-refractivity contribution in [2.24, 2.45) is 4.99 Å². The second kappa shape index (κ2) is 12.0. The van der Waals surface area contributed by atoms with Crippen LogP contribution in [-0.2, 0) is 6.54 Å². The van der Waals surface area contributed by atoms with Crippen LogP contribution in [0.1, 0.15) is 25.3 Å². The Hall–Kier alpha value is -2.36. The lowest BCUT2D eigenvalue weighted by atomic mass is 10.2. The topological polar surface area (TPSA) is 67.4 Å². The van der Waals surface area contributed by atoms with Gasteiger partial charge in [0.05, 0.1) is 32.6 Å². The molecule has 1 saturated heterocycles. The quantitative estimate of drug-likeness (QED) is 0.323. The molecule has 0 saturated carbocycles. The molecule has 0 radical (unpaired) electrons. The van der Waals surface area contributed by atoms with E-state index in [2.05, 4.69) is 40.7 Å². The number of nitrogens with zero attached hydrogens (tertiary/aromatic N) is 2. The summed E-state index contributed by atoms with van der Waals surface area (Å²) in [5.41, 5.74) is 2.18. The molecule has 32 heavy (non-hydrogen) atoms. The Balaban J connectivity index is 0.00000289. The maximum Gasteiger partial charge on any atom is 0.191 e. The van der Waals surface area contributed by atoms with Gasteiger partial charge in [-0.1, -0.05) is 24.3 Å². The lowest BCUT2D eigenvalue weighted by molar-refractivity contribution is 0.296. The highest BCUT2D eigenvalue weighted by Crippen LogP contribution is 2.34. The van der Waals surface area contributed by atoms with E-state index >= 15 is 0 Å². The van der Waals surface area contributed by atoms with Crippen molar-refractivity contribution in [3.8, 4) is 17.2 Å². The summed E-state index contributed by atoms with van der Waals surface area (Å²) in [7, 11) is 1.72. The predicted octanol–water partition coefficient (Wildman–Crippen LogP) is 3.81. The van der Waals surface area contributed by atoms with E-state index in [0.29, 0.717) is 25.8 Å². The Morgan fingerprint density at radius 3 is 2.84 bits per heavy atom. The molecular weight excluding hydrogens is 519 g/mol. The summed E-state index contributed by atoms with van der Waals surface area (Å²) in [6.45, 7) is 6.67. The summed E-state index contributed by atoms with van der Waals surface area (Å²) in [6.07, 6.45) is 1.94. The minimum absolute atomic E-state index is 0. The number of nitrogens with one attached hydrogen (secondary N) is 2. The molecule has 2 aromatic carbocycles. The van der Waals surface area contributed by atoms with Crippen molar-refractivity contribution < 1.29 is 14.2 Å². The number of fused-ring (bicyclic) bond motifs is 1. The van der Waals surface area contributed by atoms with Crippen LogP contribution in [0.25, 0.3) is 0 Å². The molecule has 4 rings (SSSR count). The average Bonchev–Trinajstić information content (AvgIpc) is 3.12. The highest BCUT2D eigenvalue weighted by atomic mass is 127. The van der Waals surface area contributed by atoms with Gasteiger partial charge in [0.15, 0.2) is 17.5 Å². The summed E-state index contributed by atoms with van der Waals surface area (Å²) >= 11 is 0. The van der Waals surface area contributed by atoms with Gasteiger partial charge < -0.3 is 29.7 Å². The van der Waals surface area contributed by atoms with Crippen LogP contribution in [0, 0.1) is 0 Å². The first-order valence-electron chi connectivity index (χ1n) is 11.1. The number of hydrogen-bond acceptors (Lipinski definition) is 5. The zero-order chi connectivity index (χ0) is 21.5.